The number of hydrogen-bond donors (Lipinski definition) is 2. The molecule has 2 aromatic rings. The fourth-order valence-corrected chi connectivity index (χ4v) is 1.85. The number of aromatic amines is 1. The van der Waals surface area contributed by atoms with Crippen LogP contribution in [0, 0.1) is 0 Å². The molecule has 2 rings (SSSR count). The molecule has 1 heterocycles. The van der Waals surface area contributed by atoms with Crippen LogP contribution in [0.4, 0.5) is 10.7 Å². The summed E-state index contributed by atoms with van der Waals surface area (Å²) in [6.45, 7) is 0. The molecule has 0 atom stereocenters. The molecular formula is C11H11Cl2N3O2. The number of nitrogens with zero attached hydrogens (tertiary/aromatic N) is 1. The third kappa shape index (κ3) is 3.05. The zero-order chi connectivity index (χ0) is 13.0. The van der Waals surface area contributed by atoms with Crippen LogP contribution in [0.25, 0.3) is 11.0 Å². The molecule has 1 aromatic carbocycles. The van der Waals surface area contributed by atoms with Gasteiger partial charge in [0.25, 0.3) is 0 Å². The summed E-state index contributed by atoms with van der Waals surface area (Å²) in [5.41, 5.74) is 1.60. The van der Waals surface area contributed by atoms with Crippen molar-refractivity contribution >= 4 is 46.3 Å². The maximum atomic E-state index is 11.5. The van der Waals surface area contributed by atoms with Crippen molar-refractivity contribution in [3.05, 3.63) is 24.3 Å². The van der Waals surface area contributed by atoms with Gasteiger partial charge in [0, 0.05) is 0 Å². The molecule has 0 spiro atoms. The summed E-state index contributed by atoms with van der Waals surface area (Å²) in [5.74, 6) is 0.623. The number of rotatable bonds is 4. The number of halogens is 2. The number of para-hydroxylation sites is 2. The van der Waals surface area contributed by atoms with Crippen molar-refractivity contribution < 1.29 is 9.53 Å². The SMILES string of the molecule is O=C(Nc1nc2ccccc2[nH]1)OC(CCl)CCl. The zero-order valence-electron chi connectivity index (χ0n) is 9.32. The number of alkyl halides is 2. The molecule has 1 aromatic heterocycles. The van der Waals surface area contributed by atoms with Crippen molar-refractivity contribution in [2.45, 2.75) is 6.10 Å². The minimum absolute atomic E-state index is 0.150. The van der Waals surface area contributed by atoms with E-state index in [1.807, 2.05) is 24.3 Å². The van der Waals surface area contributed by atoms with Gasteiger partial charge in [-0.05, 0) is 12.1 Å². The third-order valence-electron chi connectivity index (χ3n) is 2.23. The standard InChI is InChI=1S/C11H11Cl2N3O2/c12-5-7(6-13)18-11(17)16-10-14-8-3-1-2-4-9(8)15-10/h1-4,7H,5-6H2,(H2,14,15,16,17). The average Bonchev–Trinajstić information content (AvgIpc) is 2.77. The molecule has 7 heteroatoms. The fourth-order valence-electron chi connectivity index (χ4n) is 1.39. The lowest BCUT2D eigenvalue weighted by molar-refractivity contribution is 0.132. The molecule has 0 aliphatic carbocycles. The first-order chi connectivity index (χ1) is 8.72. The second kappa shape index (κ2) is 5.93. The molecule has 1 amide bonds. The van der Waals surface area contributed by atoms with Gasteiger partial charge in [0.1, 0.15) is 6.10 Å². The van der Waals surface area contributed by atoms with E-state index >= 15 is 0 Å². The lowest BCUT2D eigenvalue weighted by Gasteiger charge is -2.11. The number of carbonyl (C=O) groups excluding carboxylic acids is 1. The number of hydrogen-bond acceptors (Lipinski definition) is 3. The summed E-state index contributed by atoms with van der Waals surface area (Å²) in [4.78, 5) is 18.6. The van der Waals surface area contributed by atoms with Gasteiger partial charge in [-0.2, -0.15) is 0 Å². The second-order valence-corrected chi connectivity index (χ2v) is 4.18. The van der Waals surface area contributed by atoms with E-state index in [4.69, 9.17) is 27.9 Å². The highest BCUT2D eigenvalue weighted by Gasteiger charge is 2.13. The predicted octanol–water partition coefficient (Wildman–Crippen LogP) is 2.96. The molecule has 0 bridgehead atoms. The number of anilines is 1. The van der Waals surface area contributed by atoms with Gasteiger partial charge in [-0.15, -0.1) is 23.2 Å². The molecule has 0 radical (unpaired) electrons. The molecule has 96 valence electrons. The van der Waals surface area contributed by atoms with Crippen LogP contribution in [-0.2, 0) is 4.74 Å². The Morgan fingerprint density at radius 1 is 1.39 bits per heavy atom. The quantitative estimate of drug-likeness (QED) is 0.850. The summed E-state index contributed by atoms with van der Waals surface area (Å²) in [7, 11) is 0. The normalized spacial score (nSPS) is 10.8. The van der Waals surface area contributed by atoms with Crippen LogP contribution >= 0.6 is 23.2 Å². The summed E-state index contributed by atoms with van der Waals surface area (Å²) in [5, 5.41) is 2.49. The van der Waals surface area contributed by atoms with E-state index in [9.17, 15) is 4.79 Å². The lowest BCUT2D eigenvalue weighted by Crippen LogP contribution is -2.25. The molecule has 0 aliphatic rings. The van der Waals surface area contributed by atoms with Gasteiger partial charge in [-0.25, -0.2) is 9.78 Å². The topological polar surface area (TPSA) is 67.0 Å². The van der Waals surface area contributed by atoms with Crippen molar-refractivity contribution in [2.24, 2.45) is 0 Å². The zero-order valence-corrected chi connectivity index (χ0v) is 10.8. The first-order valence-electron chi connectivity index (χ1n) is 5.27. The Bertz CT molecular complexity index is 507. The molecule has 0 saturated heterocycles. The van der Waals surface area contributed by atoms with Crippen molar-refractivity contribution in [1.82, 2.24) is 9.97 Å². The van der Waals surface area contributed by atoms with Gasteiger partial charge in [0.15, 0.2) is 0 Å². The molecular weight excluding hydrogens is 277 g/mol. The maximum absolute atomic E-state index is 11.5. The van der Waals surface area contributed by atoms with E-state index < -0.39 is 12.2 Å². The number of benzene rings is 1. The Labute approximate surface area is 113 Å². The Morgan fingerprint density at radius 3 is 2.78 bits per heavy atom. The Kier molecular flexibility index (Phi) is 4.28. The molecule has 2 N–H and O–H groups in total. The van der Waals surface area contributed by atoms with E-state index in [1.165, 1.54) is 0 Å². The third-order valence-corrected chi connectivity index (χ3v) is 2.92. The number of nitrogens with one attached hydrogen (secondary N) is 2. The lowest BCUT2D eigenvalue weighted by atomic mass is 10.3. The van der Waals surface area contributed by atoms with Crippen molar-refractivity contribution in [3.63, 3.8) is 0 Å². The van der Waals surface area contributed by atoms with Crippen LogP contribution in [0.3, 0.4) is 0 Å². The van der Waals surface area contributed by atoms with Crippen molar-refractivity contribution in [2.75, 3.05) is 17.1 Å². The van der Waals surface area contributed by atoms with Gasteiger partial charge in [0.05, 0.1) is 22.8 Å². The molecule has 0 fully saturated rings. The number of carbonyl (C=O) groups is 1. The Morgan fingerprint density at radius 2 is 2.11 bits per heavy atom. The molecule has 18 heavy (non-hydrogen) atoms. The Balaban J connectivity index is 2.02. The van der Waals surface area contributed by atoms with Gasteiger partial charge in [-0.3, -0.25) is 5.32 Å². The van der Waals surface area contributed by atoms with E-state index in [-0.39, 0.29) is 11.8 Å². The summed E-state index contributed by atoms with van der Waals surface area (Å²) in [6.07, 6.45) is -1.15. The number of aromatic nitrogens is 2. The highest BCUT2D eigenvalue weighted by Crippen LogP contribution is 2.13. The minimum atomic E-state index is -0.639. The van der Waals surface area contributed by atoms with Gasteiger partial charge >= 0.3 is 6.09 Å². The molecule has 0 aliphatic heterocycles. The van der Waals surface area contributed by atoms with Gasteiger partial charge < -0.3 is 9.72 Å². The van der Waals surface area contributed by atoms with Crippen LogP contribution in [0.15, 0.2) is 24.3 Å². The maximum Gasteiger partial charge on any atom is 0.414 e. The fraction of sp³-hybridized carbons (Fsp3) is 0.273. The van der Waals surface area contributed by atoms with Crippen LogP contribution in [0.5, 0.6) is 0 Å². The first kappa shape index (κ1) is 13.0. The molecule has 5 nitrogen and oxygen atoms in total. The summed E-state index contributed by atoms with van der Waals surface area (Å²) >= 11 is 11.1. The minimum Gasteiger partial charge on any atom is -0.443 e. The van der Waals surface area contributed by atoms with Crippen LogP contribution < -0.4 is 5.32 Å². The summed E-state index contributed by atoms with van der Waals surface area (Å²) in [6, 6.07) is 7.43. The largest absolute Gasteiger partial charge is 0.443 e. The highest BCUT2D eigenvalue weighted by molar-refractivity contribution is 6.21. The van der Waals surface area contributed by atoms with E-state index in [2.05, 4.69) is 15.3 Å². The van der Waals surface area contributed by atoms with Crippen LogP contribution in [-0.4, -0.2) is 33.9 Å². The van der Waals surface area contributed by atoms with Crippen LogP contribution in [0.2, 0.25) is 0 Å². The number of ether oxygens (including phenoxy) is 1. The Hall–Kier alpha value is -1.46. The monoisotopic (exact) mass is 287 g/mol. The molecule has 0 unspecified atom stereocenters. The first-order valence-corrected chi connectivity index (χ1v) is 6.34. The highest BCUT2D eigenvalue weighted by atomic mass is 35.5. The van der Waals surface area contributed by atoms with E-state index in [0.29, 0.717) is 5.95 Å². The summed E-state index contributed by atoms with van der Waals surface area (Å²) < 4.78 is 4.97. The van der Waals surface area contributed by atoms with Crippen molar-refractivity contribution in [1.29, 1.82) is 0 Å². The average molecular weight is 288 g/mol. The molecule has 0 saturated carbocycles. The van der Waals surface area contributed by atoms with Crippen molar-refractivity contribution in [3.8, 4) is 0 Å². The van der Waals surface area contributed by atoms with E-state index in [1.54, 1.807) is 0 Å². The smallest absolute Gasteiger partial charge is 0.414 e. The van der Waals surface area contributed by atoms with Crippen LogP contribution in [0.1, 0.15) is 0 Å². The number of H-pyrrole nitrogens is 1. The second-order valence-electron chi connectivity index (χ2n) is 3.56. The predicted molar refractivity (Wildman–Crippen MR) is 71.4 cm³/mol. The van der Waals surface area contributed by atoms with E-state index in [0.717, 1.165) is 11.0 Å². The number of amides is 1. The number of imidazole rings is 1. The van der Waals surface area contributed by atoms with Gasteiger partial charge in [0.2, 0.25) is 5.95 Å². The number of fused-ring (bicyclic) bond motifs is 1. The van der Waals surface area contributed by atoms with Gasteiger partial charge in [-0.1, -0.05) is 12.1 Å².